The maximum absolute atomic E-state index is 12.1. The predicted octanol–water partition coefficient (Wildman–Crippen LogP) is 25.5. The van der Waals surface area contributed by atoms with Gasteiger partial charge < -0.3 is 38.7 Å². The van der Waals surface area contributed by atoms with Crippen LogP contribution in [-0.4, -0.2) is 147 Å². The number of carbonyl (C=O) groups excluding carboxylic acids is 5. The van der Waals surface area contributed by atoms with E-state index in [1.807, 2.05) is 269 Å². The van der Waals surface area contributed by atoms with Crippen LogP contribution in [0.5, 0.6) is 23.0 Å². The molecule has 0 heterocycles. The highest BCUT2D eigenvalue weighted by molar-refractivity contribution is 7.89. The summed E-state index contributed by atoms with van der Waals surface area (Å²) in [5.41, 5.74) is 14.4. The molecule has 19 heteroatoms. The number of fused-ring (bicyclic) bond motifs is 1. The number of likely N-dealkylation sites (N-methyl/N-ethyl adjacent to an activating group) is 5. The number of ether oxygens (including phenoxy) is 3. The Morgan fingerprint density at radius 1 is 0.435 bits per heavy atom. The summed E-state index contributed by atoms with van der Waals surface area (Å²) in [7, 11) is 1.76. The molecule has 12 aromatic carbocycles. The molecule has 5 amide bonds. The van der Waals surface area contributed by atoms with Gasteiger partial charge in [-0.05, 0) is 267 Å². The molecule has 0 radical (unpaired) electrons. The average molecular weight is 1900 g/mol. The minimum atomic E-state index is -3.26. The average Bonchev–Trinajstić information content (AvgIpc) is 1.79. The summed E-state index contributed by atoms with van der Waals surface area (Å²) in [6.07, 6.45) is 18.1. The zero-order valence-electron chi connectivity index (χ0n) is 84.0. The van der Waals surface area contributed by atoms with Gasteiger partial charge in [0.15, 0.2) is 6.61 Å². The molecule has 4 saturated carbocycles. The number of sulfonamides is 1. The van der Waals surface area contributed by atoms with Crippen molar-refractivity contribution in [2.75, 3.05) is 54.0 Å². The molecule has 138 heavy (non-hydrogen) atoms. The van der Waals surface area contributed by atoms with Crippen LogP contribution in [0.15, 0.2) is 302 Å². The number of hydrogen-bond donors (Lipinski definition) is 1. The molecule has 4 aliphatic carbocycles. The van der Waals surface area contributed by atoms with E-state index in [1.54, 1.807) is 37.4 Å². The Bertz CT molecular complexity index is 5840. The second-order valence-electron chi connectivity index (χ2n) is 35.2. The summed E-state index contributed by atoms with van der Waals surface area (Å²) < 4.78 is 41.5. The zero-order valence-corrected chi connectivity index (χ0v) is 85.6. The third-order valence-corrected chi connectivity index (χ3v) is 25.5. The van der Waals surface area contributed by atoms with Crippen LogP contribution in [0.25, 0.3) is 21.9 Å². The van der Waals surface area contributed by atoms with Gasteiger partial charge in [-0.3, -0.25) is 24.0 Å². The monoisotopic (exact) mass is 1900 g/mol. The van der Waals surface area contributed by atoms with Crippen LogP contribution in [0.3, 0.4) is 0 Å². The normalized spacial score (nSPS) is 12.4. The Morgan fingerprint density at radius 3 is 1.41 bits per heavy atom. The van der Waals surface area contributed by atoms with Crippen LogP contribution in [0.1, 0.15) is 194 Å². The van der Waals surface area contributed by atoms with Gasteiger partial charge in [0.2, 0.25) is 33.7 Å². The van der Waals surface area contributed by atoms with Crippen LogP contribution in [0, 0.1) is 32.1 Å². The first-order valence-electron chi connectivity index (χ1n) is 49.2. The number of amides is 5. The number of methoxy groups -OCH3 is 1. The molecular weight excluding hydrogens is 1750 g/mol. The lowest BCUT2D eigenvalue weighted by atomic mass is 10.0. The van der Waals surface area contributed by atoms with Gasteiger partial charge in [-0.1, -0.05) is 294 Å². The fourth-order valence-electron chi connectivity index (χ4n) is 15.8. The van der Waals surface area contributed by atoms with E-state index in [0.29, 0.717) is 65.3 Å². The molecule has 0 aliphatic heterocycles. The molecule has 0 spiro atoms. The van der Waals surface area contributed by atoms with Crippen molar-refractivity contribution in [1.82, 2.24) is 29.2 Å². The summed E-state index contributed by atoms with van der Waals surface area (Å²) in [4.78, 5) is 69.7. The highest BCUT2D eigenvalue weighted by atomic mass is 35.5. The van der Waals surface area contributed by atoms with Crippen molar-refractivity contribution < 1.29 is 46.6 Å². The molecule has 0 atom stereocenters. The van der Waals surface area contributed by atoms with Crippen molar-refractivity contribution in [2.24, 2.45) is 0 Å². The molecule has 1 N–H and O–H groups in total. The second-order valence-corrected chi connectivity index (χ2v) is 37.6. The first-order valence-corrected chi connectivity index (χ1v) is 51.0. The molecule has 730 valence electrons. The molecule has 0 saturated heterocycles. The van der Waals surface area contributed by atoms with Gasteiger partial charge in [0.1, 0.15) is 23.0 Å². The molecule has 0 unspecified atom stereocenters. The molecule has 17 nitrogen and oxygen atoms in total. The molecule has 4 aliphatic rings. The van der Waals surface area contributed by atoms with Gasteiger partial charge in [0.05, 0.1) is 49.3 Å². The fourth-order valence-corrected chi connectivity index (χ4v) is 16.8. The Balaban J connectivity index is 0.000000191. The van der Waals surface area contributed by atoms with Crippen LogP contribution >= 0.6 is 11.6 Å². The zero-order chi connectivity index (χ0) is 99.7. The number of hydrogen-bond acceptors (Lipinski definition) is 11. The maximum atomic E-state index is 12.1. The lowest BCUT2D eigenvalue weighted by Crippen LogP contribution is -2.37. The van der Waals surface area contributed by atoms with Crippen molar-refractivity contribution in [3.63, 3.8) is 0 Å². The molecule has 4 fully saturated rings. The molecule has 16 rings (SSSR count). The SMILES string of the molecule is CCCc1ccc2ccccc2c1.CCCc1cccc(-c2ccccc2OC)c1.CCCc1cccc(Oc2ccccc2)c1.CCN(C(=O)COc1c(C)cccc1C)C1CC1.CCN(C(=O)Cc1cccc(Cl)c1)C(C)C.CCN(C(=O)Cc1ccccc1)C1CC1.CCN(C(=O)Cc1ccccc1C#N)C1CC1.CN(C(=O)Cc1ccccc1)C1CC1.CNS(=O)(=O)c1ccc(C)cc1. The Hall–Kier alpha value is -12.7. The molecular formula is C119H146ClN7O10S. The number of nitrogens with zero attached hydrogens (tertiary/aromatic N) is 6. The van der Waals surface area contributed by atoms with Crippen molar-refractivity contribution in [3.8, 4) is 40.2 Å². The number of benzene rings is 12. The summed E-state index contributed by atoms with van der Waals surface area (Å²) in [6, 6.07) is 102. The van der Waals surface area contributed by atoms with Gasteiger partial charge in [-0.2, -0.15) is 5.26 Å². The van der Waals surface area contributed by atoms with Gasteiger partial charge in [-0.25, -0.2) is 13.1 Å². The number of carbonyl (C=O) groups is 5. The Labute approximate surface area is 829 Å². The van der Waals surface area contributed by atoms with Crippen LogP contribution in [0.4, 0.5) is 0 Å². The maximum Gasteiger partial charge on any atom is 0.260 e. The highest BCUT2D eigenvalue weighted by Crippen LogP contribution is 2.34. The van der Waals surface area contributed by atoms with E-state index in [2.05, 4.69) is 123 Å². The Kier molecular flexibility index (Phi) is 47.7. The first kappa shape index (κ1) is 111. The van der Waals surface area contributed by atoms with Crippen molar-refractivity contribution in [1.29, 1.82) is 5.26 Å². The largest absolute Gasteiger partial charge is 0.496 e. The number of para-hydroxylation sites is 3. The van der Waals surface area contributed by atoms with Gasteiger partial charge >= 0.3 is 0 Å². The topological polar surface area (TPSA) is 199 Å². The van der Waals surface area contributed by atoms with Gasteiger partial charge in [0, 0.05) is 74.0 Å². The number of rotatable bonds is 32. The van der Waals surface area contributed by atoms with Gasteiger partial charge in [0.25, 0.3) is 5.91 Å². The summed E-state index contributed by atoms with van der Waals surface area (Å²) in [5.74, 6) is 4.47. The summed E-state index contributed by atoms with van der Waals surface area (Å²) in [5, 5.41) is 12.3. The third kappa shape index (κ3) is 38.7. The number of nitrogens with one attached hydrogen (secondary N) is 1. The van der Waals surface area contributed by atoms with Gasteiger partial charge in [-0.15, -0.1) is 0 Å². The first-order chi connectivity index (χ1) is 66.7. The van der Waals surface area contributed by atoms with Crippen molar-refractivity contribution in [3.05, 3.63) is 363 Å². The van der Waals surface area contributed by atoms with Crippen LogP contribution in [-0.2, 0) is 78.9 Å². The van der Waals surface area contributed by atoms with E-state index in [9.17, 15) is 32.4 Å². The van der Waals surface area contributed by atoms with Crippen molar-refractivity contribution >= 4 is 61.9 Å². The number of nitriles is 1. The molecule has 0 aromatic heterocycles. The quantitative estimate of drug-likeness (QED) is 0.0421. The van der Waals surface area contributed by atoms with E-state index in [0.717, 1.165) is 139 Å². The minimum Gasteiger partial charge on any atom is -0.496 e. The lowest BCUT2D eigenvalue weighted by molar-refractivity contribution is -0.134. The number of halogens is 1. The van der Waals surface area contributed by atoms with Crippen LogP contribution in [0.2, 0.25) is 5.02 Å². The van der Waals surface area contributed by atoms with Crippen molar-refractivity contribution in [2.45, 2.75) is 234 Å². The van der Waals surface area contributed by atoms with E-state index in [4.69, 9.17) is 31.1 Å². The highest BCUT2D eigenvalue weighted by Gasteiger charge is 2.34. The predicted molar refractivity (Wildman–Crippen MR) is 566 cm³/mol. The van der Waals surface area contributed by atoms with E-state index < -0.39 is 10.0 Å². The third-order valence-electron chi connectivity index (χ3n) is 23.8. The minimum absolute atomic E-state index is 0.0997. The van der Waals surface area contributed by atoms with E-state index >= 15 is 0 Å². The second kappa shape index (κ2) is 59.5. The number of aryl methyl sites for hydroxylation is 6. The molecule has 0 bridgehead atoms. The molecule has 12 aromatic rings. The van der Waals surface area contributed by atoms with Crippen LogP contribution < -0.4 is 18.9 Å². The summed E-state index contributed by atoms with van der Waals surface area (Å²) in [6.45, 7) is 27.9. The summed E-state index contributed by atoms with van der Waals surface area (Å²) >= 11 is 5.88. The Morgan fingerprint density at radius 2 is 0.884 bits per heavy atom. The smallest absolute Gasteiger partial charge is 0.260 e. The van der Waals surface area contributed by atoms with E-state index in [-0.39, 0.29) is 42.2 Å². The van der Waals surface area contributed by atoms with E-state index in [1.165, 1.54) is 85.0 Å². The lowest BCUT2D eigenvalue weighted by Gasteiger charge is -2.25. The standard InChI is InChI=1S/C16H18O.C15H21NO2.C15H16O.C14H16N2O.C13H18ClNO.C13H17NO.C13H14.C12H15NO.C8H11NO2S/c1-3-7-13-8-6-9-14(12-13)15-10-4-5-11-16(15)17-2;1-4-16(13-8-9-13)14(17)10-18-15-11(2)6-5-7-12(15)3;1-2-7-13-8-6-11-15(12-13)16-14-9-4-3-5-10-14;1-2-16(13-7-8-13)14(17)9-11-5-3-4-6-12(11)10-15;1-4-15(10(2)3)13(16)9-11-6-5-7-12(14)8-11;1-2-14(12-8-9-12)13(15)10-11-6-4-3-5-7-11;1-2-5-11-8-9-12-6-3-4-7-13(12)10-11;1-13(11-7-8-11)12(14)9-10-5-3-2-4-6-10;1-7-3-5-8(6-4-7)12(10,11)9-2/h4-6,8-12H,3,7H2,1-2H3;5-7,13H,4,8-10H2,1-3H3;3-6,8-12H,2,7H2,1H3;3-6,13H,2,7-9H2,1H3;5-8,10H,4,9H2,1-3H3;3-7,12H,2,8-10H2,1H3;3-4,6-10H,2,5H2,1H3;2-6,11H,7-9H2,1H3;3-6,9H,1-2H3. The fraction of sp³-hybridized carbons (Fsp3) is 0.361.